The molecule has 1 heterocycles. The zero-order chi connectivity index (χ0) is 16.2. The molecule has 0 radical (unpaired) electrons. The standard InChI is InChI=1S/C11H16N2O8/c14-7(15)2-4-13(10(20)21)3-1-6-11(12-6,9(18)19)5-8(16)17/h6,12H,1-5H2,(H,14,15)(H,16,17)(H,18,19)(H,20,21). The van der Waals surface area contributed by atoms with Crippen LogP contribution in [0.4, 0.5) is 4.79 Å². The second-order valence-electron chi connectivity index (χ2n) is 4.75. The highest BCUT2D eigenvalue weighted by Gasteiger charge is 2.60. The number of rotatable bonds is 9. The van der Waals surface area contributed by atoms with Crippen molar-refractivity contribution in [2.24, 2.45) is 0 Å². The molecule has 0 saturated carbocycles. The number of hydrogen-bond acceptors (Lipinski definition) is 5. The van der Waals surface area contributed by atoms with Gasteiger partial charge in [-0.1, -0.05) is 0 Å². The normalized spacial score (nSPS) is 23.3. The van der Waals surface area contributed by atoms with Gasteiger partial charge in [0.25, 0.3) is 0 Å². The van der Waals surface area contributed by atoms with E-state index in [4.69, 9.17) is 20.4 Å². The molecule has 1 aliphatic heterocycles. The molecule has 21 heavy (non-hydrogen) atoms. The van der Waals surface area contributed by atoms with E-state index in [-0.39, 0.29) is 25.9 Å². The first-order valence-corrected chi connectivity index (χ1v) is 6.11. The van der Waals surface area contributed by atoms with Crippen molar-refractivity contribution in [1.29, 1.82) is 0 Å². The van der Waals surface area contributed by atoms with Crippen LogP contribution in [0, 0.1) is 0 Å². The second kappa shape index (κ2) is 6.39. The van der Waals surface area contributed by atoms with Crippen molar-refractivity contribution in [1.82, 2.24) is 10.2 Å². The first-order chi connectivity index (χ1) is 9.69. The fraction of sp³-hybridized carbons (Fsp3) is 0.636. The van der Waals surface area contributed by atoms with Crippen molar-refractivity contribution in [3.63, 3.8) is 0 Å². The summed E-state index contributed by atoms with van der Waals surface area (Å²) >= 11 is 0. The summed E-state index contributed by atoms with van der Waals surface area (Å²) < 4.78 is 0. The summed E-state index contributed by atoms with van der Waals surface area (Å²) in [5, 5.41) is 37.7. The van der Waals surface area contributed by atoms with Crippen LogP contribution in [0.2, 0.25) is 0 Å². The maximum atomic E-state index is 11.1. The Balaban J connectivity index is 2.53. The third kappa shape index (κ3) is 4.31. The lowest BCUT2D eigenvalue weighted by Crippen LogP contribution is -2.35. The van der Waals surface area contributed by atoms with E-state index in [9.17, 15) is 19.2 Å². The monoisotopic (exact) mass is 304 g/mol. The largest absolute Gasteiger partial charge is 0.481 e. The summed E-state index contributed by atoms with van der Waals surface area (Å²) in [6.07, 6.45) is -2.18. The highest BCUT2D eigenvalue weighted by molar-refractivity contribution is 5.89. The summed E-state index contributed by atoms with van der Waals surface area (Å²) in [6, 6.07) is -0.655. The van der Waals surface area contributed by atoms with Crippen LogP contribution < -0.4 is 5.32 Å². The highest BCUT2D eigenvalue weighted by atomic mass is 16.4. The van der Waals surface area contributed by atoms with Gasteiger partial charge in [0.05, 0.1) is 12.8 Å². The van der Waals surface area contributed by atoms with Gasteiger partial charge >= 0.3 is 24.0 Å². The summed E-state index contributed by atoms with van der Waals surface area (Å²) in [5.41, 5.74) is -1.57. The van der Waals surface area contributed by atoms with Gasteiger partial charge in [0.1, 0.15) is 5.54 Å². The van der Waals surface area contributed by atoms with Gasteiger partial charge in [-0.25, -0.2) is 4.79 Å². The van der Waals surface area contributed by atoms with E-state index >= 15 is 0 Å². The molecule has 1 fully saturated rings. The zero-order valence-corrected chi connectivity index (χ0v) is 11.0. The van der Waals surface area contributed by atoms with Crippen LogP contribution in [0.1, 0.15) is 19.3 Å². The van der Waals surface area contributed by atoms with Gasteiger partial charge in [-0.05, 0) is 6.42 Å². The van der Waals surface area contributed by atoms with Crippen LogP contribution in [-0.4, -0.2) is 74.0 Å². The topological polar surface area (TPSA) is 174 Å². The Morgan fingerprint density at radius 2 is 1.62 bits per heavy atom. The number of carbonyl (C=O) groups is 4. The molecular formula is C11H16N2O8. The Kier molecular flexibility index (Phi) is 5.08. The minimum absolute atomic E-state index is 0.0745. The molecule has 0 bridgehead atoms. The van der Waals surface area contributed by atoms with E-state index < -0.39 is 42.0 Å². The Morgan fingerprint density at radius 3 is 2.05 bits per heavy atom. The van der Waals surface area contributed by atoms with E-state index in [2.05, 4.69) is 5.32 Å². The summed E-state index contributed by atoms with van der Waals surface area (Å²) in [5.74, 6) is -3.72. The molecular weight excluding hydrogens is 288 g/mol. The number of carboxylic acid groups (broad SMARTS) is 4. The van der Waals surface area contributed by atoms with Gasteiger partial charge in [-0.2, -0.15) is 0 Å². The number of amides is 1. The maximum absolute atomic E-state index is 11.1. The molecule has 0 spiro atoms. The molecule has 0 aromatic carbocycles. The molecule has 10 heteroatoms. The van der Waals surface area contributed by atoms with Crippen LogP contribution in [0.3, 0.4) is 0 Å². The van der Waals surface area contributed by atoms with E-state index in [1.54, 1.807) is 0 Å². The van der Waals surface area contributed by atoms with Crippen molar-refractivity contribution in [2.45, 2.75) is 30.8 Å². The fourth-order valence-corrected chi connectivity index (χ4v) is 2.11. The van der Waals surface area contributed by atoms with E-state index in [0.29, 0.717) is 0 Å². The quantitative estimate of drug-likeness (QED) is 0.338. The average Bonchev–Trinajstić information content (AvgIpc) is 3.02. The summed E-state index contributed by atoms with van der Waals surface area (Å²) in [6.45, 7) is -0.286. The van der Waals surface area contributed by atoms with Gasteiger partial charge in [-0.3, -0.25) is 19.7 Å². The van der Waals surface area contributed by atoms with Crippen LogP contribution in [-0.2, 0) is 14.4 Å². The Labute approximate surface area is 119 Å². The Hall–Kier alpha value is -2.36. The number of carboxylic acids is 3. The predicted molar refractivity (Wildman–Crippen MR) is 66.0 cm³/mol. The lowest BCUT2D eigenvalue weighted by atomic mass is 9.99. The van der Waals surface area contributed by atoms with Gasteiger partial charge in [0.2, 0.25) is 0 Å². The lowest BCUT2D eigenvalue weighted by molar-refractivity contribution is -0.146. The SMILES string of the molecule is O=C(O)CCN(CCC1NC1(CC(=O)O)C(=O)O)C(=O)O. The van der Waals surface area contributed by atoms with Gasteiger partial charge in [0, 0.05) is 19.1 Å². The van der Waals surface area contributed by atoms with Crippen LogP contribution >= 0.6 is 0 Å². The molecule has 2 atom stereocenters. The molecule has 1 amide bonds. The minimum atomic E-state index is -1.57. The second-order valence-corrected chi connectivity index (χ2v) is 4.75. The van der Waals surface area contributed by atoms with Crippen molar-refractivity contribution in [3.8, 4) is 0 Å². The van der Waals surface area contributed by atoms with Gasteiger partial charge in [-0.15, -0.1) is 0 Å². The predicted octanol–water partition coefficient (Wildman–Crippen LogP) is -0.899. The molecule has 0 aromatic heterocycles. The summed E-state index contributed by atoms with van der Waals surface area (Å²) in [7, 11) is 0. The molecule has 10 nitrogen and oxygen atoms in total. The van der Waals surface area contributed by atoms with E-state index in [1.165, 1.54) is 0 Å². The number of nitrogens with one attached hydrogen (secondary N) is 1. The third-order valence-corrected chi connectivity index (χ3v) is 3.31. The van der Waals surface area contributed by atoms with Crippen LogP contribution in [0.5, 0.6) is 0 Å². The number of aliphatic carboxylic acids is 3. The Morgan fingerprint density at radius 1 is 1.00 bits per heavy atom. The molecule has 1 aliphatic rings. The molecule has 5 N–H and O–H groups in total. The zero-order valence-electron chi connectivity index (χ0n) is 11.0. The highest BCUT2D eigenvalue weighted by Crippen LogP contribution is 2.33. The van der Waals surface area contributed by atoms with Crippen molar-refractivity contribution in [3.05, 3.63) is 0 Å². The number of hydrogen-bond donors (Lipinski definition) is 5. The fourth-order valence-electron chi connectivity index (χ4n) is 2.11. The molecule has 0 aromatic rings. The molecule has 2 unspecified atom stereocenters. The maximum Gasteiger partial charge on any atom is 0.407 e. The lowest BCUT2D eigenvalue weighted by Gasteiger charge is -2.18. The smallest absolute Gasteiger partial charge is 0.407 e. The number of nitrogens with zero attached hydrogens (tertiary/aromatic N) is 1. The van der Waals surface area contributed by atoms with Crippen molar-refractivity contribution >= 4 is 24.0 Å². The molecule has 118 valence electrons. The molecule has 1 saturated heterocycles. The van der Waals surface area contributed by atoms with Crippen molar-refractivity contribution < 1.29 is 39.6 Å². The van der Waals surface area contributed by atoms with Gasteiger partial charge < -0.3 is 25.3 Å². The van der Waals surface area contributed by atoms with Crippen LogP contribution in [0.25, 0.3) is 0 Å². The minimum Gasteiger partial charge on any atom is -0.481 e. The average molecular weight is 304 g/mol. The van der Waals surface area contributed by atoms with Crippen molar-refractivity contribution in [2.75, 3.05) is 13.1 Å². The first-order valence-electron chi connectivity index (χ1n) is 6.11. The van der Waals surface area contributed by atoms with E-state index in [0.717, 1.165) is 4.90 Å². The third-order valence-electron chi connectivity index (χ3n) is 3.31. The summed E-state index contributed by atoms with van der Waals surface area (Å²) in [4.78, 5) is 43.9. The van der Waals surface area contributed by atoms with E-state index in [1.807, 2.05) is 0 Å². The first kappa shape index (κ1) is 16.7. The van der Waals surface area contributed by atoms with Crippen LogP contribution in [0.15, 0.2) is 0 Å². The molecule has 0 aliphatic carbocycles. The molecule has 1 rings (SSSR count). The Bertz CT molecular complexity index is 465. The van der Waals surface area contributed by atoms with Gasteiger partial charge in [0.15, 0.2) is 0 Å².